The highest BCUT2D eigenvalue weighted by Crippen LogP contribution is 2.38. The van der Waals surface area contributed by atoms with Crippen molar-refractivity contribution in [1.29, 1.82) is 0 Å². The van der Waals surface area contributed by atoms with Gasteiger partial charge in [-0.1, -0.05) is 35.3 Å². The number of benzene rings is 2. The minimum atomic E-state index is -0.620. The van der Waals surface area contributed by atoms with Crippen LogP contribution in [0, 0.1) is 10.1 Å². The van der Waals surface area contributed by atoms with Gasteiger partial charge in [-0.15, -0.1) is 0 Å². The van der Waals surface area contributed by atoms with E-state index in [1.807, 2.05) is 0 Å². The Labute approximate surface area is 134 Å². The molecule has 5 nitrogen and oxygen atoms in total. The molecule has 0 saturated heterocycles. The number of rotatable bonds is 2. The van der Waals surface area contributed by atoms with E-state index in [1.54, 1.807) is 18.2 Å². The molecule has 0 amide bonds. The summed E-state index contributed by atoms with van der Waals surface area (Å²) in [4.78, 5) is 22.4. The van der Waals surface area contributed by atoms with Crippen LogP contribution >= 0.6 is 23.2 Å². The van der Waals surface area contributed by atoms with Crippen molar-refractivity contribution in [3.8, 4) is 0 Å². The van der Waals surface area contributed by atoms with Crippen LogP contribution in [0.3, 0.4) is 0 Å². The van der Waals surface area contributed by atoms with Crippen LogP contribution in [-0.4, -0.2) is 10.9 Å². The number of hydrogen-bond acceptors (Lipinski definition) is 4. The van der Waals surface area contributed by atoms with Gasteiger partial charge in [0, 0.05) is 6.07 Å². The normalized spacial score (nSPS) is 14.8. The van der Waals surface area contributed by atoms with Crippen molar-refractivity contribution in [2.75, 3.05) is 0 Å². The van der Waals surface area contributed by atoms with Crippen LogP contribution in [0.25, 0.3) is 11.8 Å². The van der Waals surface area contributed by atoms with E-state index < -0.39 is 10.9 Å². The monoisotopic (exact) mass is 335 g/mol. The van der Waals surface area contributed by atoms with Gasteiger partial charge in [-0.05, 0) is 29.8 Å². The summed E-state index contributed by atoms with van der Waals surface area (Å²) in [5.41, 5.74) is 0.766. The average molecular weight is 336 g/mol. The number of carbonyl (C=O) groups is 1. The zero-order valence-corrected chi connectivity index (χ0v) is 12.4. The number of hydrogen-bond donors (Lipinski definition) is 0. The van der Waals surface area contributed by atoms with Gasteiger partial charge in [-0.25, -0.2) is 4.79 Å². The maximum atomic E-state index is 11.8. The standard InChI is InChI=1S/C15H7Cl2NO4/c16-10-5-4-8(6-11(10)17)7-13-14-9(15(19)22-13)2-1-3-12(14)18(20)21/h1-7H/b13-7-. The zero-order valence-electron chi connectivity index (χ0n) is 10.9. The van der Waals surface area contributed by atoms with E-state index in [-0.39, 0.29) is 22.6 Å². The number of cyclic esters (lactones) is 1. The lowest BCUT2D eigenvalue weighted by molar-refractivity contribution is -0.385. The van der Waals surface area contributed by atoms with Crippen molar-refractivity contribution < 1.29 is 14.5 Å². The van der Waals surface area contributed by atoms with E-state index in [2.05, 4.69) is 0 Å². The molecule has 0 aliphatic carbocycles. The van der Waals surface area contributed by atoms with E-state index >= 15 is 0 Å². The first kappa shape index (κ1) is 14.6. The second-order valence-corrected chi connectivity index (χ2v) is 5.34. The zero-order chi connectivity index (χ0) is 15.9. The summed E-state index contributed by atoms with van der Waals surface area (Å²) in [6, 6.07) is 9.09. The van der Waals surface area contributed by atoms with Gasteiger partial charge in [-0.2, -0.15) is 0 Å². The summed E-state index contributed by atoms with van der Waals surface area (Å²) in [7, 11) is 0. The number of nitrogens with zero attached hydrogens (tertiary/aromatic N) is 1. The van der Waals surface area contributed by atoms with Crippen LogP contribution in [-0.2, 0) is 4.74 Å². The van der Waals surface area contributed by atoms with Crippen molar-refractivity contribution >= 4 is 46.7 Å². The average Bonchev–Trinajstić information content (AvgIpc) is 2.79. The Bertz CT molecular complexity index is 845. The molecule has 1 aliphatic rings. The van der Waals surface area contributed by atoms with Crippen molar-refractivity contribution in [2.24, 2.45) is 0 Å². The maximum Gasteiger partial charge on any atom is 0.344 e. The topological polar surface area (TPSA) is 69.4 Å². The molecule has 0 fully saturated rings. The van der Waals surface area contributed by atoms with Crippen LogP contribution in [0.2, 0.25) is 10.0 Å². The van der Waals surface area contributed by atoms with Gasteiger partial charge in [0.15, 0.2) is 0 Å². The third-order valence-electron chi connectivity index (χ3n) is 3.15. The minimum absolute atomic E-state index is 0.116. The van der Waals surface area contributed by atoms with E-state index in [1.165, 1.54) is 24.3 Å². The maximum absolute atomic E-state index is 11.8. The van der Waals surface area contributed by atoms with E-state index in [0.717, 1.165) is 0 Å². The fraction of sp³-hybridized carbons (Fsp3) is 0. The number of nitro benzene ring substituents is 1. The molecular formula is C15H7Cl2NO4. The molecule has 2 aromatic carbocycles. The predicted molar refractivity (Wildman–Crippen MR) is 82.8 cm³/mol. The van der Waals surface area contributed by atoms with Crippen molar-refractivity contribution in [3.05, 3.63) is 73.2 Å². The van der Waals surface area contributed by atoms with Crippen LogP contribution in [0.15, 0.2) is 36.4 Å². The quantitative estimate of drug-likeness (QED) is 0.458. The second kappa shape index (κ2) is 5.44. The first-order valence-electron chi connectivity index (χ1n) is 6.14. The van der Waals surface area contributed by atoms with Gasteiger partial charge < -0.3 is 4.74 Å². The Morgan fingerprint density at radius 2 is 1.91 bits per heavy atom. The van der Waals surface area contributed by atoms with Gasteiger partial charge in [0.1, 0.15) is 11.3 Å². The van der Waals surface area contributed by atoms with E-state index in [4.69, 9.17) is 27.9 Å². The minimum Gasteiger partial charge on any atom is -0.422 e. The molecule has 22 heavy (non-hydrogen) atoms. The third kappa shape index (κ3) is 2.45. The summed E-state index contributed by atoms with van der Waals surface area (Å²) in [6.07, 6.45) is 1.51. The van der Waals surface area contributed by atoms with Gasteiger partial charge in [-0.3, -0.25) is 10.1 Å². The summed E-state index contributed by atoms with van der Waals surface area (Å²) < 4.78 is 5.14. The van der Waals surface area contributed by atoms with Crippen molar-refractivity contribution in [2.45, 2.75) is 0 Å². The fourth-order valence-electron chi connectivity index (χ4n) is 2.18. The third-order valence-corrected chi connectivity index (χ3v) is 3.89. The Balaban J connectivity index is 2.16. The van der Waals surface area contributed by atoms with E-state index in [0.29, 0.717) is 15.6 Å². The lowest BCUT2D eigenvalue weighted by atomic mass is 10.0. The largest absolute Gasteiger partial charge is 0.422 e. The van der Waals surface area contributed by atoms with Crippen molar-refractivity contribution in [1.82, 2.24) is 0 Å². The molecule has 1 heterocycles. The number of ether oxygens (including phenoxy) is 1. The number of esters is 1. The smallest absolute Gasteiger partial charge is 0.344 e. The Hall–Kier alpha value is -2.37. The van der Waals surface area contributed by atoms with Gasteiger partial charge in [0.2, 0.25) is 0 Å². The summed E-state index contributed by atoms with van der Waals surface area (Å²) in [6.45, 7) is 0. The fourth-order valence-corrected chi connectivity index (χ4v) is 2.49. The molecule has 0 unspecified atom stereocenters. The molecule has 0 saturated carbocycles. The molecule has 7 heteroatoms. The lowest BCUT2D eigenvalue weighted by Crippen LogP contribution is -1.95. The Morgan fingerprint density at radius 1 is 1.14 bits per heavy atom. The molecule has 0 bridgehead atoms. The van der Waals surface area contributed by atoms with Crippen LogP contribution in [0.4, 0.5) is 5.69 Å². The highest BCUT2D eigenvalue weighted by Gasteiger charge is 2.33. The molecule has 0 N–H and O–H groups in total. The van der Waals surface area contributed by atoms with Crippen LogP contribution in [0.5, 0.6) is 0 Å². The van der Waals surface area contributed by atoms with Crippen molar-refractivity contribution in [3.63, 3.8) is 0 Å². The van der Waals surface area contributed by atoms with Gasteiger partial charge >= 0.3 is 5.97 Å². The summed E-state index contributed by atoms with van der Waals surface area (Å²) in [5, 5.41) is 11.9. The molecule has 110 valence electrons. The van der Waals surface area contributed by atoms with Crippen LogP contribution < -0.4 is 0 Å². The summed E-state index contributed by atoms with van der Waals surface area (Å²) in [5.74, 6) is -0.504. The molecule has 0 aromatic heterocycles. The lowest BCUT2D eigenvalue weighted by Gasteiger charge is -2.02. The Kier molecular flexibility index (Phi) is 3.60. The van der Waals surface area contributed by atoms with Crippen LogP contribution in [0.1, 0.15) is 21.5 Å². The number of carbonyl (C=O) groups excluding carboxylic acids is 1. The highest BCUT2D eigenvalue weighted by atomic mass is 35.5. The molecular weight excluding hydrogens is 329 g/mol. The number of halogens is 2. The summed E-state index contributed by atoms with van der Waals surface area (Å²) >= 11 is 11.8. The molecule has 0 radical (unpaired) electrons. The molecule has 2 aromatic rings. The first-order chi connectivity index (χ1) is 10.5. The molecule has 0 atom stereocenters. The van der Waals surface area contributed by atoms with E-state index in [9.17, 15) is 14.9 Å². The first-order valence-corrected chi connectivity index (χ1v) is 6.89. The number of nitro groups is 1. The highest BCUT2D eigenvalue weighted by molar-refractivity contribution is 6.42. The molecule has 3 rings (SSSR count). The van der Waals surface area contributed by atoms with Gasteiger partial charge in [0.05, 0.1) is 20.5 Å². The molecule has 1 aliphatic heterocycles. The van der Waals surface area contributed by atoms with Gasteiger partial charge in [0.25, 0.3) is 5.69 Å². The predicted octanol–water partition coefficient (Wildman–Crippen LogP) is 4.57. The molecule has 0 spiro atoms. The SMILES string of the molecule is O=C1O/C(=C\c2ccc(Cl)c(Cl)c2)c2c1cccc2[N+](=O)[O-]. The Morgan fingerprint density at radius 3 is 2.59 bits per heavy atom. The second-order valence-electron chi connectivity index (χ2n) is 4.53. The number of fused-ring (bicyclic) bond motifs is 1.